The van der Waals surface area contributed by atoms with Gasteiger partial charge in [0.05, 0.1) is 24.0 Å². The summed E-state index contributed by atoms with van der Waals surface area (Å²) in [6.45, 7) is 7.18. The average Bonchev–Trinajstić information content (AvgIpc) is 2.97. The topological polar surface area (TPSA) is 71.7 Å². The summed E-state index contributed by atoms with van der Waals surface area (Å²) in [5.74, 6) is 0.931. The number of nitrogens with two attached hydrogens (primary N) is 1. The van der Waals surface area contributed by atoms with E-state index < -0.39 is 5.60 Å². The largest absolute Gasteiger partial charge is 0.444 e. The number of nitrogens with zero attached hydrogens (tertiary/aromatic N) is 3. The van der Waals surface area contributed by atoms with Crippen LogP contribution in [0.4, 0.5) is 16.3 Å². The van der Waals surface area contributed by atoms with Gasteiger partial charge in [-0.2, -0.15) is 0 Å². The van der Waals surface area contributed by atoms with E-state index in [0.29, 0.717) is 18.3 Å². The van der Waals surface area contributed by atoms with E-state index in [4.69, 9.17) is 10.5 Å². The van der Waals surface area contributed by atoms with Crippen LogP contribution in [-0.4, -0.2) is 46.8 Å². The van der Waals surface area contributed by atoms with Crippen molar-refractivity contribution in [1.29, 1.82) is 0 Å². The quantitative estimate of drug-likeness (QED) is 0.854. The van der Waals surface area contributed by atoms with Gasteiger partial charge in [0.2, 0.25) is 0 Å². The minimum absolute atomic E-state index is 0.208. The van der Waals surface area contributed by atoms with Crippen LogP contribution < -0.4 is 10.6 Å². The number of pyridine rings is 1. The maximum absolute atomic E-state index is 12.2. The van der Waals surface area contributed by atoms with Crippen molar-refractivity contribution in [3.63, 3.8) is 0 Å². The number of hydrogen-bond acceptors (Lipinski definition) is 5. The number of carbonyl (C=O) groups is 1. The van der Waals surface area contributed by atoms with Gasteiger partial charge in [-0.05, 0) is 39.3 Å². The SMILES string of the molecule is CC(C)(C)OC(=O)N1C[C@H]2CC1CN2c1ccc(N)cn1. The number of anilines is 2. The monoisotopic (exact) mass is 290 g/mol. The first kappa shape index (κ1) is 14.0. The number of fused-ring (bicyclic) bond motifs is 2. The molecule has 1 unspecified atom stereocenters. The van der Waals surface area contributed by atoms with E-state index in [1.165, 1.54) is 0 Å². The van der Waals surface area contributed by atoms with E-state index in [-0.39, 0.29) is 12.1 Å². The summed E-state index contributed by atoms with van der Waals surface area (Å²) in [7, 11) is 0. The van der Waals surface area contributed by atoms with Crippen molar-refractivity contribution in [2.45, 2.75) is 44.9 Å². The Bertz CT molecular complexity index is 538. The van der Waals surface area contributed by atoms with Crippen molar-refractivity contribution >= 4 is 17.6 Å². The number of rotatable bonds is 1. The molecule has 2 saturated heterocycles. The van der Waals surface area contributed by atoms with Gasteiger partial charge in [-0.3, -0.25) is 0 Å². The van der Waals surface area contributed by atoms with Gasteiger partial charge in [0, 0.05) is 13.1 Å². The number of likely N-dealkylation sites (tertiary alicyclic amines) is 1. The Morgan fingerprint density at radius 3 is 2.62 bits per heavy atom. The second kappa shape index (κ2) is 4.79. The first-order chi connectivity index (χ1) is 9.83. The lowest BCUT2D eigenvalue weighted by atomic mass is 10.2. The average molecular weight is 290 g/mol. The van der Waals surface area contributed by atoms with Crippen LogP contribution in [0.3, 0.4) is 0 Å². The molecule has 1 aromatic rings. The van der Waals surface area contributed by atoms with E-state index >= 15 is 0 Å². The summed E-state index contributed by atoms with van der Waals surface area (Å²) in [4.78, 5) is 20.7. The third-order valence-corrected chi connectivity index (χ3v) is 3.93. The first-order valence-electron chi connectivity index (χ1n) is 7.31. The molecule has 0 aliphatic carbocycles. The highest BCUT2D eigenvalue weighted by Gasteiger charge is 2.46. The lowest BCUT2D eigenvalue weighted by Crippen LogP contribution is -2.50. The van der Waals surface area contributed by atoms with E-state index in [9.17, 15) is 4.79 Å². The standard InChI is InChI=1S/C15H22N4O2/c1-15(2,3)21-14(20)19-9-11-6-12(19)8-18(11)13-5-4-10(16)7-17-13/h4-5,7,11-12H,6,8-9,16H2,1-3H3/t11-,12?/m1/s1. The van der Waals surface area contributed by atoms with Gasteiger partial charge < -0.3 is 20.3 Å². The van der Waals surface area contributed by atoms with Crippen molar-refractivity contribution in [2.24, 2.45) is 0 Å². The molecule has 6 heteroatoms. The van der Waals surface area contributed by atoms with Gasteiger partial charge in [0.15, 0.2) is 0 Å². The molecule has 2 fully saturated rings. The molecule has 3 heterocycles. The second-order valence-corrected chi connectivity index (χ2v) is 6.78. The molecule has 3 rings (SSSR count). The Morgan fingerprint density at radius 1 is 1.33 bits per heavy atom. The van der Waals surface area contributed by atoms with Crippen LogP contribution >= 0.6 is 0 Å². The van der Waals surface area contributed by atoms with E-state index in [0.717, 1.165) is 18.8 Å². The number of piperazine rings is 1. The third kappa shape index (κ3) is 2.75. The molecular weight excluding hydrogens is 268 g/mol. The molecule has 1 amide bonds. The van der Waals surface area contributed by atoms with Crippen LogP contribution in [0.5, 0.6) is 0 Å². The van der Waals surface area contributed by atoms with Gasteiger partial charge in [0.1, 0.15) is 11.4 Å². The van der Waals surface area contributed by atoms with Crippen molar-refractivity contribution in [3.8, 4) is 0 Å². The molecule has 2 aliphatic heterocycles. The molecule has 2 N–H and O–H groups in total. The third-order valence-electron chi connectivity index (χ3n) is 3.93. The van der Waals surface area contributed by atoms with Crippen LogP contribution in [0.2, 0.25) is 0 Å². The number of hydrogen-bond donors (Lipinski definition) is 1. The van der Waals surface area contributed by atoms with Gasteiger partial charge in [0.25, 0.3) is 0 Å². The molecule has 0 aromatic carbocycles. The second-order valence-electron chi connectivity index (χ2n) is 6.78. The Balaban J connectivity index is 1.66. The highest BCUT2D eigenvalue weighted by molar-refractivity contribution is 5.70. The molecule has 1 aromatic heterocycles. The molecule has 2 aliphatic rings. The van der Waals surface area contributed by atoms with E-state index in [2.05, 4.69) is 9.88 Å². The summed E-state index contributed by atoms with van der Waals surface area (Å²) in [6, 6.07) is 4.33. The van der Waals surface area contributed by atoms with Gasteiger partial charge in [-0.1, -0.05) is 0 Å². The molecule has 21 heavy (non-hydrogen) atoms. The maximum Gasteiger partial charge on any atom is 0.410 e. The molecule has 0 spiro atoms. The van der Waals surface area contributed by atoms with Crippen LogP contribution in [0, 0.1) is 0 Å². The lowest BCUT2D eigenvalue weighted by molar-refractivity contribution is 0.0214. The highest BCUT2D eigenvalue weighted by atomic mass is 16.6. The van der Waals surface area contributed by atoms with Gasteiger partial charge >= 0.3 is 6.09 Å². The highest BCUT2D eigenvalue weighted by Crippen LogP contribution is 2.34. The fourth-order valence-corrected chi connectivity index (χ4v) is 3.06. The molecule has 2 atom stereocenters. The minimum Gasteiger partial charge on any atom is -0.444 e. The molecule has 0 saturated carbocycles. The summed E-state index contributed by atoms with van der Waals surface area (Å²) < 4.78 is 5.47. The fourth-order valence-electron chi connectivity index (χ4n) is 3.06. The normalized spacial score (nSPS) is 24.5. The summed E-state index contributed by atoms with van der Waals surface area (Å²) in [5, 5.41) is 0. The van der Waals surface area contributed by atoms with Crippen LogP contribution in [-0.2, 0) is 4.74 Å². The molecule has 114 valence electrons. The molecule has 6 nitrogen and oxygen atoms in total. The number of amides is 1. The van der Waals surface area contributed by atoms with Crippen LogP contribution in [0.25, 0.3) is 0 Å². The van der Waals surface area contributed by atoms with Crippen molar-refractivity contribution < 1.29 is 9.53 Å². The number of aromatic nitrogens is 1. The van der Waals surface area contributed by atoms with Crippen LogP contribution in [0.15, 0.2) is 18.3 Å². The minimum atomic E-state index is -0.447. The van der Waals surface area contributed by atoms with Gasteiger partial charge in [-0.15, -0.1) is 0 Å². The van der Waals surface area contributed by atoms with Crippen LogP contribution in [0.1, 0.15) is 27.2 Å². The summed E-state index contributed by atoms with van der Waals surface area (Å²) >= 11 is 0. The first-order valence-corrected chi connectivity index (χ1v) is 7.31. The molecule has 0 radical (unpaired) electrons. The van der Waals surface area contributed by atoms with Crippen molar-refractivity contribution in [3.05, 3.63) is 18.3 Å². The zero-order valence-electron chi connectivity index (χ0n) is 12.7. The summed E-state index contributed by atoms with van der Waals surface area (Å²) in [5.41, 5.74) is 5.89. The Morgan fingerprint density at radius 2 is 2.10 bits per heavy atom. The number of nitrogen functional groups attached to an aromatic ring is 1. The summed E-state index contributed by atoms with van der Waals surface area (Å²) in [6.07, 6.45) is 2.44. The zero-order chi connectivity index (χ0) is 15.2. The zero-order valence-corrected chi connectivity index (χ0v) is 12.7. The van der Waals surface area contributed by atoms with Crippen molar-refractivity contribution in [1.82, 2.24) is 9.88 Å². The Kier molecular flexibility index (Phi) is 3.19. The molecular formula is C15H22N4O2. The van der Waals surface area contributed by atoms with Gasteiger partial charge in [-0.25, -0.2) is 9.78 Å². The smallest absolute Gasteiger partial charge is 0.410 e. The maximum atomic E-state index is 12.2. The lowest BCUT2D eigenvalue weighted by Gasteiger charge is -2.35. The fraction of sp³-hybridized carbons (Fsp3) is 0.600. The number of carbonyl (C=O) groups excluding carboxylic acids is 1. The predicted molar refractivity (Wildman–Crippen MR) is 81.1 cm³/mol. The van der Waals surface area contributed by atoms with E-state index in [1.54, 1.807) is 6.20 Å². The predicted octanol–water partition coefficient (Wildman–Crippen LogP) is 1.86. The Hall–Kier alpha value is -1.98. The number of ether oxygens (including phenoxy) is 1. The molecule has 2 bridgehead atoms. The Labute approximate surface area is 124 Å². The van der Waals surface area contributed by atoms with E-state index in [1.807, 2.05) is 37.8 Å². The van der Waals surface area contributed by atoms with Crippen molar-refractivity contribution in [2.75, 3.05) is 23.7 Å².